The SMILES string of the molecule is CCN(CC)CCOc1ccc(NC(=O)c2cc(C)n(-c3ccccc3)n2)cc1. The first-order chi connectivity index (χ1) is 14.1. The van der Waals surface area contributed by atoms with Crippen LogP contribution in [0.4, 0.5) is 5.69 Å². The quantitative estimate of drug-likeness (QED) is 0.594. The number of carbonyl (C=O) groups is 1. The molecule has 3 aromatic rings. The van der Waals surface area contributed by atoms with Gasteiger partial charge in [-0.2, -0.15) is 5.10 Å². The van der Waals surface area contributed by atoms with Crippen molar-refractivity contribution >= 4 is 11.6 Å². The maximum Gasteiger partial charge on any atom is 0.276 e. The molecule has 0 aliphatic rings. The number of aryl methyl sites for hydroxylation is 1. The second-order valence-corrected chi connectivity index (χ2v) is 6.77. The fourth-order valence-electron chi connectivity index (χ4n) is 3.08. The van der Waals surface area contributed by atoms with E-state index in [-0.39, 0.29) is 5.91 Å². The number of hydrogen-bond donors (Lipinski definition) is 1. The van der Waals surface area contributed by atoms with E-state index in [1.54, 1.807) is 10.7 Å². The average Bonchev–Trinajstić information content (AvgIpc) is 3.15. The summed E-state index contributed by atoms with van der Waals surface area (Å²) in [5, 5.41) is 7.33. The molecule has 0 aliphatic carbocycles. The highest BCUT2D eigenvalue weighted by Gasteiger charge is 2.13. The van der Waals surface area contributed by atoms with Crippen LogP contribution in [-0.2, 0) is 0 Å². The standard InChI is InChI=1S/C23H28N4O2/c1-4-26(5-2)15-16-29-21-13-11-19(12-14-21)24-23(28)22-17-18(3)27(25-22)20-9-7-6-8-10-20/h6-14,17H,4-5,15-16H2,1-3H3,(H,24,28). The number of nitrogens with zero attached hydrogens (tertiary/aromatic N) is 3. The number of aromatic nitrogens is 2. The highest BCUT2D eigenvalue weighted by atomic mass is 16.5. The summed E-state index contributed by atoms with van der Waals surface area (Å²) in [7, 11) is 0. The Morgan fingerprint density at radius 2 is 1.76 bits per heavy atom. The van der Waals surface area contributed by atoms with Gasteiger partial charge < -0.3 is 15.0 Å². The molecule has 152 valence electrons. The molecule has 6 heteroatoms. The molecule has 1 N–H and O–H groups in total. The third kappa shape index (κ3) is 5.45. The van der Waals surface area contributed by atoms with Gasteiger partial charge >= 0.3 is 0 Å². The number of rotatable bonds is 9. The first kappa shape index (κ1) is 20.6. The molecule has 2 aromatic carbocycles. The van der Waals surface area contributed by atoms with Crippen LogP contribution in [0.3, 0.4) is 0 Å². The predicted octanol–water partition coefficient (Wildman–Crippen LogP) is 4.15. The molecule has 0 spiro atoms. The van der Waals surface area contributed by atoms with Crippen molar-refractivity contribution in [3.63, 3.8) is 0 Å². The van der Waals surface area contributed by atoms with Crippen molar-refractivity contribution in [1.82, 2.24) is 14.7 Å². The van der Waals surface area contributed by atoms with Crippen LogP contribution in [0, 0.1) is 6.92 Å². The van der Waals surface area contributed by atoms with Crippen molar-refractivity contribution in [3.8, 4) is 11.4 Å². The summed E-state index contributed by atoms with van der Waals surface area (Å²) in [5.41, 5.74) is 2.91. The van der Waals surface area contributed by atoms with Gasteiger partial charge in [0.15, 0.2) is 5.69 Å². The fraction of sp³-hybridized carbons (Fsp3) is 0.304. The minimum Gasteiger partial charge on any atom is -0.492 e. The monoisotopic (exact) mass is 392 g/mol. The first-order valence-electron chi connectivity index (χ1n) is 9.99. The van der Waals surface area contributed by atoms with Crippen molar-refractivity contribution in [3.05, 3.63) is 72.1 Å². The second kappa shape index (κ2) is 9.89. The second-order valence-electron chi connectivity index (χ2n) is 6.77. The van der Waals surface area contributed by atoms with Gasteiger partial charge in [0.05, 0.1) is 5.69 Å². The van der Waals surface area contributed by atoms with Crippen LogP contribution in [-0.4, -0.2) is 46.8 Å². The van der Waals surface area contributed by atoms with Crippen LogP contribution in [0.1, 0.15) is 30.0 Å². The van der Waals surface area contributed by atoms with Crippen molar-refractivity contribution in [2.24, 2.45) is 0 Å². The number of ether oxygens (including phenoxy) is 1. The van der Waals surface area contributed by atoms with Gasteiger partial charge in [-0.25, -0.2) is 4.68 Å². The van der Waals surface area contributed by atoms with Gasteiger partial charge in [0.1, 0.15) is 12.4 Å². The maximum absolute atomic E-state index is 12.6. The summed E-state index contributed by atoms with van der Waals surface area (Å²) in [6.45, 7) is 9.80. The molecule has 0 bridgehead atoms. The van der Waals surface area contributed by atoms with Gasteiger partial charge in [-0.15, -0.1) is 0 Å². The number of nitrogens with one attached hydrogen (secondary N) is 1. The lowest BCUT2D eigenvalue weighted by Crippen LogP contribution is -2.27. The highest BCUT2D eigenvalue weighted by molar-refractivity contribution is 6.03. The van der Waals surface area contributed by atoms with Gasteiger partial charge in [0, 0.05) is 17.9 Å². The third-order valence-corrected chi connectivity index (χ3v) is 4.80. The smallest absolute Gasteiger partial charge is 0.276 e. The molecule has 0 fully saturated rings. The topological polar surface area (TPSA) is 59.4 Å². The Balaban J connectivity index is 1.58. The Kier molecular flexibility index (Phi) is 7.03. The number of benzene rings is 2. The summed E-state index contributed by atoms with van der Waals surface area (Å²) in [4.78, 5) is 14.9. The number of amides is 1. The van der Waals surface area contributed by atoms with Crippen LogP contribution in [0.2, 0.25) is 0 Å². The molecular formula is C23H28N4O2. The molecule has 6 nitrogen and oxygen atoms in total. The lowest BCUT2D eigenvalue weighted by molar-refractivity contribution is 0.102. The molecule has 29 heavy (non-hydrogen) atoms. The largest absolute Gasteiger partial charge is 0.492 e. The molecule has 0 unspecified atom stereocenters. The Morgan fingerprint density at radius 1 is 1.07 bits per heavy atom. The van der Waals surface area contributed by atoms with Crippen molar-refractivity contribution < 1.29 is 9.53 Å². The molecule has 3 rings (SSSR count). The van der Waals surface area contributed by atoms with Gasteiger partial charge in [-0.1, -0.05) is 32.0 Å². The van der Waals surface area contributed by atoms with E-state index in [0.29, 0.717) is 18.0 Å². The summed E-state index contributed by atoms with van der Waals surface area (Å²) < 4.78 is 7.55. The summed E-state index contributed by atoms with van der Waals surface area (Å²) in [5.74, 6) is 0.553. The van der Waals surface area contributed by atoms with E-state index >= 15 is 0 Å². The van der Waals surface area contributed by atoms with Gasteiger partial charge in [0.25, 0.3) is 5.91 Å². The maximum atomic E-state index is 12.6. The zero-order valence-corrected chi connectivity index (χ0v) is 17.3. The molecule has 0 atom stereocenters. The Hall–Kier alpha value is -3.12. The van der Waals surface area contributed by atoms with Gasteiger partial charge in [0.2, 0.25) is 0 Å². The van der Waals surface area contributed by atoms with Crippen LogP contribution < -0.4 is 10.1 Å². The van der Waals surface area contributed by atoms with Gasteiger partial charge in [-0.05, 0) is 62.5 Å². The molecule has 0 aliphatic heterocycles. The van der Waals surface area contributed by atoms with E-state index in [9.17, 15) is 4.79 Å². The summed E-state index contributed by atoms with van der Waals surface area (Å²) in [6, 6.07) is 19.0. The summed E-state index contributed by atoms with van der Waals surface area (Å²) in [6.07, 6.45) is 0. The molecular weight excluding hydrogens is 364 g/mol. The van der Waals surface area contributed by atoms with E-state index in [1.165, 1.54) is 0 Å². The van der Waals surface area contributed by atoms with E-state index in [2.05, 4.69) is 29.2 Å². The van der Waals surface area contributed by atoms with Gasteiger partial charge in [-0.3, -0.25) is 4.79 Å². The Morgan fingerprint density at radius 3 is 2.41 bits per heavy atom. The first-order valence-corrected chi connectivity index (χ1v) is 9.99. The Labute approximate surface area is 172 Å². The van der Waals surface area contributed by atoms with Crippen molar-refractivity contribution in [2.45, 2.75) is 20.8 Å². The number of likely N-dealkylation sites (N-methyl/N-ethyl adjacent to an activating group) is 1. The number of carbonyl (C=O) groups excluding carboxylic acids is 1. The Bertz CT molecular complexity index is 916. The number of anilines is 1. The molecule has 1 aromatic heterocycles. The van der Waals surface area contributed by atoms with Crippen LogP contribution >= 0.6 is 0 Å². The predicted molar refractivity (Wildman–Crippen MR) is 116 cm³/mol. The molecule has 0 saturated heterocycles. The minimum absolute atomic E-state index is 0.238. The highest BCUT2D eigenvalue weighted by Crippen LogP contribution is 2.17. The van der Waals surface area contributed by atoms with E-state index in [4.69, 9.17) is 4.74 Å². The normalized spacial score (nSPS) is 10.9. The van der Waals surface area contributed by atoms with Crippen molar-refractivity contribution in [2.75, 3.05) is 31.6 Å². The van der Waals surface area contributed by atoms with Crippen LogP contribution in [0.15, 0.2) is 60.7 Å². The van der Waals surface area contributed by atoms with E-state index in [1.807, 2.05) is 61.5 Å². The van der Waals surface area contributed by atoms with Crippen LogP contribution in [0.5, 0.6) is 5.75 Å². The third-order valence-electron chi connectivity index (χ3n) is 4.80. The zero-order chi connectivity index (χ0) is 20.6. The van der Waals surface area contributed by atoms with E-state index < -0.39 is 0 Å². The molecule has 1 heterocycles. The number of para-hydroxylation sites is 1. The zero-order valence-electron chi connectivity index (χ0n) is 17.3. The van der Waals surface area contributed by atoms with Crippen molar-refractivity contribution in [1.29, 1.82) is 0 Å². The van der Waals surface area contributed by atoms with E-state index in [0.717, 1.165) is 36.8 Å². The number of hydrogen-bond acceptors (Lipinski definition) is 4. The lowest BCUT2D eigenvalue weighted by atomic mass is 10.3. The lowest BCUT2D eigenvalue weighted by Gasteiger charge is -2.18. The fourth-order valence-corrected chi connectivity index (χ4v) is 3.08. The average molecular weight is 393 g/mol. The molecule has 0 radical (unpaired) electrons. The molecule has 0 saturated carbocycles. The van der Waals surface area contributed by atoms with Crippen LogP contribution in [0.25, 0.3) is 5.69 Å². The summed E-state index contributed by atoms with van der Waals surface area (Å²) >= 11 is 0. The minimum atomic E-state index is -0.238. The molecule has 1 amide bonds.